The summed E-state index contributed by atoms with van der Waals surface area (Å²) in [5, 5.41) is 25.7. The number of anilines is 1. The Morgan fingerprint density at radius 2 is 1.74 bits per heavy atom. The number of carbonyl (C=O) groups excluding carboxylic acids is 2. The summed E-state index contributed by atoms with van der Waals surface area (Å²) in [7, 11) is 1.48. The van der Waals surface area contributed by atoms with Crippen molar-refractivity contribution in [1.29, 1.82) is 0 Å². The molecule has 2 rings (SSSR count). The predicted octanol–water partition coefficient (Wildman–Crippen LogP) is 3.81. The Morgan fingerprint density at radius 3 is 2.48 bits per heavy atom. The molecule has 0 saturated carbocycles. The molecule has 2 aromatic carbocycles. The second-order valence-electron chi connectivity index (χ2n) is 6.73. The number of methoxy groups -OCH3 is 1. The van der Waals surface area contributed by atoms with Gasteiger partial charge in [0.05, 0.1) is 12.8 Å². The van der Waals surface area contributed by atoms with Crippen molar-refractivity contribution in [3.8, 4) is 17.2 Å². The highest BCUT2D eigenvalue weighted by atomic mass is 16.5. The molecule has 0 unspecified atom stereocenters. The molecule has 0 saturated heterocycles. The predicted molar refractivity (Wildman–Crippen MR) is 120 cm³/mol. The summed E-state index contributed by atoms with van der Waals surface area (Å²) < 4.78 is 5.04. The Balaban J connectivity index is 1.58. The summed E-state index contributed by atoms with van der Waals surface area (Å²) in [6.07, 6.45) is 7.54. The molecule has 0 aromatic heterocycles. The molecule has 2 amide bonds. The van der Waals surface area contributed by atoms with E-state index < -0.39 is 0 Å². The number of allylic oxidation sites excluding steroid dienone is 1. The van der Waals surface area contributed by atoms with Crippen molar-refractivity contribution >= 4 is 29.8 Å². The number of benzene rings is 2. The number of phenols is 2. The normalized spacial score (nSPS) is 11.0. The lowest BCUT2D eigenvalue weighted by Crippen LogP contribution is -2.16. The van der Waals surface area contributed by atoms with Gasteiger partial charge in [-0.2, -0.15) is 5.10 Å². The SMILES string of the molecule is COc1cc(/C=C/C=N\NC(=O)CCCCCC(=O)Nc2ccccc2O)ccc1O. The lowest BCUT2D eigenvalue weighted by atomic mass is 10.1. The summed E-state index contributed by atoms with van der Waals surface area (Å²) in [6, 6.07) is 11.5. The monoisotopic (exact) mass is 425 g/mol. The van der Waals surface area contributed by atoms with E-state index in [1.54, 1.807) is 42.5 Å². The van der Waals surface area contributed by atoms with E-state index in [1.165, 1.54) is 25.5 Å². The minimum absolute atomic E-state index is 0.0331. The van der Waals surface area contributed by atoms with Crippen LogP contribution in [0.2, 0.25) is 0 Å². The molecule has 0 spiro atoms. The topological polar surface area (TPSA) is 120 Å². The first-order valence-corrected chi connectivity index (χ1v) is 9.93. The summed E-state index contributed by atoms with van der Waals surface area (Å²) in [4.78, 5) is 23.6. The second-order valence-corrected chi connectivity index (χ2v) is 6.73. The van der Waals surface area contributed by atoms with Gasteiger partial charge in [0, 0.05) is 19.1 Å². The highest BCUT2D eigenvalue weighted by Crippen LogP contribution is 2.26. The maximum atomic E-state index is 11.9. The lowest BCUT2D eigenvalue weighted by Gasteiger charge is -2.06. The average Bonchev–Trinajstić information content (AvgIpc) is 2.76. The third kappa shape index (κ3) is 8.61. The molecule has 0 atom stereocenters. The molecular weight excluding hydrogens is 398 g/mol. The van der Waals surface area contributed by atoms with E-state index in [0.717, 1.165) is 12.0 Å². The molecule has 0 bridgehead atoms. The minimum atomic E-state index is -0.199. The number of amides is 2. The zero-order valence-corrected chi connectivity index (χ0v) is 17.4. The van der Waals surface area contributed by atoms with Gasteiger partial charge in [0.2, 0.25) is 11.8 Å². The van der Waals surface area contributed by atoms with Crippen LogP contribution in [0.3, 0.4) is 0 Å². The molecule has 0 heterocycles. The van der Waals surface area contributed by atoms with E-state index in [2.05, 4.69) is 15.8 Å². The summed E-state index contributed by atoms with van der Waals surface area (Å²) in [5.74, 6) is 0.105. The molecule has 0 aliphatic heterocycles. The third-order valence-corrected chi connectivity index (χ3v) is 4.33. The number of rotatable bonds is 11. The van der Waals surface area contributed by atoms with Crippen molar-refractivity contribution in [3.05, 3.63) is 54.1 Å². The number of unbranched alkanes of at least 4 members (excludes halogenated alkanes) is 2. The molecule has 4 N–H and O–H groups in total. The first-order valence-electron chi connectivity index (χ1n) is 9.93. The molecule has 0 aliphatic rings. The van der Waals surface area contributed by atoms with Crippen LogP contribution in [0, 0.1) is 0 Å². The molecule has 164 valence electrons. The number of nitrogens with zero attached hydrogens (tertiary/aromatic N) is 1. The third-order valence-electron chi connectivity index (χ3n) is 4.33. The number of para-hydroxylation sites is 2. The van der Waals surface area contributed by atoms with Crippen molar-refractivity contribution in [3.63, 3.8) is 0 Å². The standard InChI is InChI=1S/C23H27N3O5/c1-31-21-16-17(13-14-20(21)28)8-7-15-24-26-23(30)12-4-2-3-11-22(29)25-18-9-5-6-10-19(18)27/h5-10,13-16,27-28H,2-4,11-12H2,1H3,(H,25,29)(H,26,30)/b8-7+,24-15-. The van der Waals surface area contributed by atoms with Gasteiger partial charge in [0.1, 0.15) is 5.75 Å². The van der Waals surface area contributed by atoms with Crippen LogP contribution in [0.1, 0.15) is 37.7 Å². The van der Waals surface area contributed by atoms with Crippen LogP contribution < -0.4 is 15.5 Å². The number of nitrogens with one attached hydrogen (secondary N) is 2. The van der Waals surface area contributed by atoms with Gasteiger partial charge in [-0.05, 0) is 48.7 Å². The fourth-order valence-corrected chi connectivity index (χ4v) is 2.70. The van der Waals surface area contributed by atoms with Crippen LogP contribution in [0.5, 0.6) is 17.2 Å². The molecule has 8 nitrogen and oxygen atoms in total. The molecule has 0 fully saturated rings. The van der Waals surface area contributed by atoms with E-state index in [-0.39, 0.29) is 23.3 Å². The van der Waals surface area contributed by atoms with Gasteiger partial charge in [-0.3, -0.25) is 9.59 Å². The van der Waals surface area contributed by atoms with Gasteiger partial charge in [-0.15, -0.1) is 0 Å². The van der Waals surface area contributed by atoms with Crippen LogP contribution in [-0.4, -0.2) is 35.4 Å². The minimum Gasteiger partial charge on any atom is -0.506 e. The number of hydrogen-bond acceptors (Lipinski definition) is 6. The number of hydrogen-bond donors (Lipinski definition) is 4. The number of carbonyl (C=O) groups is 2. The van der Waals surface area contributed by atoms with Gasteiger partial charge < -0.3 is 20.3 Å². The Morgan fingerprint density at radius 1 is 1.00 bits per heavy atom. The van der Waals surface area contributed by atoms with Crippen LogP contribution in [0.4, 0.5) is 5.69 Å². The van der Waals surface area contributed by atoms with E-state index >= 15 is 0 Å². The molecule has 0 aliphatic carbocycles. The second kappa shape index (κ2) is 12.7. The summed E-state index contributed by atoms with van der Waals surface area (Å²) in [5.41, 5.74) is 3.66. The van der Waals surface area contributed by atoms with Crippen LogP contribution >= 0.6 is 0 Å². The average molecular weight is 425 g/mol. The van der Waals surface area contributed by atoms with E-state index in [9.17, 15) is 19.8 Å². The van der Waals surface area contributed by atoms with Crippen molar-refractivity contribution in [2.75, 3.05) is 12.4 Å². The largest absolute Gasteiger partial charge is 0.506 e. The van der Waals surface area contributed by atoms with Crippen molar-refractivity contribution in [1.82, 2.24) is 5.43 Å². The highest BCUT2D eigenvalue weighted by molar-refractivity contribution is 5.92. The van der Waals surface area contributed by atoms with Crippen LogP contribution in [0.25, 0.3) is 6.08 Å². The molecule has 2 aromatic rings. The zero-order valence-electron chi connectivity index (χ0n) is 17.4. The van der Waals surface area contributed by atoms with Crippen LogP contribution in [-0.2, 0) is 9.59 Å². The van der Waals surface area contributed by atoms with Gasteiger partial charge in [0.15, 0.2) is 11.5 Å². The quantitative estimate of drug-likeness (QED) is 0.189. The van der Waals surface area contributed by atoms with Gasteiger partial charge in [-0.25, -0.2) is 5.43 Å². The smallest absolute Gasteiger partial charge is 0.240 e. The maximum Gasteiger partial charge on any atom is 0.240 e. The first kappa shape index (κ1) is 23.5. The molecule has 8 heteroatoms. The molecule has 31 heavy (non-hydrogen) atoms. The summed E-state index contributed by atoms with van der Waals surface area (Å²) in [6.45, 7) is 0. The first-order chi connectivity index (χ1) is 15.0. The highest BCUT2D eigenvalue weighted by Gasteiger charge is 2.06. The Hall–Kier alpha value is -3.81. The van der Waals surface area contributed by atoms with Crippen molar-refractivity contribution in [2.45, 2.75) is 32.1 Å². The Labute approximate surface area is 181 Å². The summed E-state index contributed by atoms with van der Waals surface area (Å²) >= 11 is 0. The number of aromatic hydroxyl groups is 2. The van der Waals surface area contributed by atoms with E-state index in [1.807, 2.05) is 0 Å². The molecular formula is C23H27N3O5. The van der Waals surface area contributed by atoms with E-state index in [4.69, 9.17) is 4.74 Å². The zero-order chi connectivity index (χ0) is 22.5. The number of ether oxygens (including phenoxy) is 1. The number of hydrazone groups is 1. The lowest BCUT2D eigenvalue weighted by molar-refractivity contribution is -0.121. The van der Waals surface area contributed by atoms with Crippen LogP contribution in [0.15, 0.2) is 53.6 Å². The van der Waals surface area contributed by atoms with Crippen molar-refractivity contribution < 1.29 is 24.5 Å². The Bertz CT molecular complexity index is 941. The fraction of sp³-hybridized carbons (Fsp3) is 0.261. The fourth-order valence-electron chi connectivity index (χ4n) is 2.70. The Kier molecular flexibility index (Phi) is 9.61. The molecule has 0 radical (unpaired) electrons. The van der Waals surface area contributed by atoms with Gasteiger partial charge >= 0.3 is 0 Å². The van der Waals surface area contributed by atoms with Crippen molar-refractivity contribution in [2.24, 2.45) is 5.10 Å². The maximum absolute atomic E-state index is 11.9. The van der Waals surface area contributed by atoms with E-state index in [0.29, 0.717) is 37.1 Å². The number of phenolic OH excluding ortho intramolecular Hbond substituents is 2. The van der Waals surface area contributed by atoms with Gasteiger partial charge in [-0.1, -0.05) is 30.7 Å². The van der Waals surface area contributed by atoms with Gasteiger partial charge in [0.25, 0.3) is 0 Å².